The summed E-state index contributed by atoms with van der Waals surface area (Å²) in [7, 11) is 4.94. The van der Waals surface area contributed by atoms with Crippen LogP contribution in [0.3, 0.4) is 0 Å². The van der Waals surface area contributed by atoms with Crippen LogP contribution in [0.15, 0.2) is 54.1 Å². The number of ether oxygens (including phenoxy) is 3. The maximum atomic E-state index is 11.8. The third kappa shape index (κ3) is 4.94. The number of carbonyl (C=O) groups excluding carboxylic acids is 1. The second-order valence-corrected chi connectivity index (χ2v) is 5.57. The number of allylic oxidation sites excluding steroid dienone is 1. The molecule has 0 bridgehead atoms. The summed E-state index contributed by atoms with van der Waals surface area (Å²) in [5, 5.41) is 0. The summed E-state index contributed by atoms with van der Waals surface area (Å²) in [6.07, 6.45) is 2.39. The van der Waals surface area contributed by atoms with E-state index in [1.54, 1.807) is 21.3 Å². The fourth-order valence-electron chi connectivity index (χ4n) is 2.70. The molecule has 0 aliphatic rings. The van der Waals surface area contributed by atoms with Gasteiger partial charge in [0.1, 0.15) is 17.8 Å². The fourth-order valence-corrected chi connectivity index (χ4v) is 2.70. The van der Waals surface area contributed by atoms with E-state index in [0.717, 1.165) is 46.5 Å². The third-order valence-electron chi connectivity index (χ3n) is 4.02. The number of aldehydes is 1. The lowest BCUT2D eigenvalue weighted by Gasteiger charge is -2.14. The summed E-state index contributed by atoms with van der Waals surface area (Å²) in [6.45, 7) is 0.621. The quantitative estimate of drug-likeness (QED) is 0.391. The molecule has 0 N–H and O–H groups in total. The van der Waals surface area contributed by atoms with Crippen LogP contribution in [0.2, 0.25) is 0 Å². The standard InChI is InChI=1S/C21H24O4/c1-23-14-4-5-18(15-22)21(16-6-10-19(24-2)11-7-16)17-8-12-20(25-3)13-9-17/h6-13,15H,4-5,14H2,1-3H3. The highest BCUT2D eigenvalue weighted by Crippen LogP contribution is 2.30. The van der Waals surface area contributed by atoms with Gasteiger partial charge in [0.05, 0.1) is 14.2 Å². The molecule has 2 aromatic carbocycles. The Balaban J connectivity index is 2.49. The van der Waals surface area contributed by atoms with Gasteiger partial charge in [-0.25, -0.2) is 0 Å². The van der Waals surface area contributed by atoms with E-state index in [1.807, 2.05) is 48.5 Å². The fraction of sp³-hybridized carbons (Fsp3) is 0.286. The molecule has 0 aliphatic carbocycles. The molecule has 132 valence electrons. The summed E-state index contributed by atoms with van der Waals surface area (Å²) in [5.41, 5.74) is 3.64. The maximum Gasteiger partial charge on any atom is 0.146 e. The zero-order valence-electron chi connectivity index (χ0n) is 15.0. The Labute approximate surface area is 149 Å². The topological polar surface area (TPSA) is 44.8 Å². The molecule has 0 unspecified atom stereocenters. The van der Waals surface area contributed by atoms with E-state index >= 15 is 0 Å². The van der Waals surface area contributed by atoms with Gasteiger partial charge in [-0.2, -0.15) is 0 Å². The molecule has 0 fully saturated rings. The number of benzene rings is 2. The van der Waals surface area contributed by atoms with Gasteiger partial charge in [0, 0.05) is 19.3 Å². The van der Waals surface area contributed by atoms with Gasteiger partial charge in [-0.05, 0) is 53.8 Å². The Bertz CT molecular complexity index is 650. The first-order valence-electron chi connectivity index (χ1n) is 8.19. The molecule has 25 heavy (non-hydrogen) atoms. The zero-order chi connectivity index (χ0) is 18.1. The first-order chi connectivity index (χ1) is 12.2. The molecule has 2 rings (SSSR count). The van der Waals surface area contributed by atoms with Crippen LogP contribution in [-0.4, -0.2) is 34.2 Å². The molecule has 0 aromatic heterocycles. The van der Waals surface area contributed by atoms with Crippen LogP contribution in [0.1, 0.15) is 24.0 Å². The lowest BCUT2D eigenvalue weighted by molar-refractivity contribution is -0.105. The van der Waals surface area contributed by atoms with Crippen LogP contribution in [0.25, 0.3) is 5.57 Å². The van der Waals surface area contributed by atoms with E-state index in [1.165, 1.54) is 0 Å². The van der Waals surface area contributed by atoms with Crippen LogP contribution in [0.4, 0.5) is 0 Å². The van der Waals surface area contributed by atoms with Crippen LogP contribution in [0.5, 0.6) is 11.5 Å². The van der Waals surface area contributed by atoms with Crippen molar-refractivity contribution in [2.75, 3.05) is 27.9 Å². The summed E-state index contributed by atoms with van der Waals surface area (Å²) >= 11 is 0. The van der Waals surface area contributed by atoms with E-state index in [-0.39, 0.29) is 0 Å². The van der Waals surface area contributed by atoms with Crippen molar-refractivity contribution >= 4 is 11.9 Å². The number of rotatable bonds is 9. The maximum absolute atomic E-state index is 11.8. The van der Waals surface area contributed by atoms with E-state index in [4.69, 9.17) is 14.2 Å². The van der Waals surface area contributed by atoms with Gasteiger partial charge < -0.3 is 14.2 Å². The van der Waals surface area contributed by atoms with Gasteiger partial charge in [0.2, 0.25) is 0 Å². The van der Waals surface area contributed by atoms with Crippen LogP contribution >= 0.6 is 0 Å². The molecule has 0 saturated carbocycles. The molecule has 0 aliphatic heterocycles. The average Bonchev–Trinajstić information content (AvgIpc) is 2.68. The van der Waals surface area contributed by atoms with Crippen molar-refractivity contribution in [2.24, 2.45) is 0 Å². The Hall–Kier alpha value is -2.59. The molecule has 2 aromatic rings. The van der Waals surface area contributed by atoms with E-state index in [9.17, 15) is 4.79 Å². The summed E-state index contributed by atoms with van der Waals surface area (Å²) in [6, 6.07) is 15.5. The van der Waals surface area contributed by atoms with Crippen molar-refractivity contribution in [3.8, 4) is 11.5 Å². The highest BCUT2D eigenvalue weighted by Gasteiger charge is 2.12. The van der Waals surface area contributed by atoms with Gasteiger partial charge in [-0.1, -0.05) is 24.3 Å². The highest BCUT2D eigenvalue weighted by molar-refractivity contribution is 5.94. The molecule has 4 heteroatoms. The largest absolute Gasteiger partial charge is 0.497 e. The van der Waals surface area contributed by atoms with Crippen molar-refractivity contribution < 1.29 is 19.0 Å². The summed E-state index contributed by atoms with van der Waals surface area (Å²) in [4.78, 5) is 11.8. The first-order valence-corrected chi connectivity index (χ1v) is 8.19. The number of hydrogen-bond acceptors (Lipinski definition) is 4. The minimum absolute atomic E-state index is 0.621. The lowest BCUT2D eigenvalue weighted by atomic mass is 9.91. The van der Waals surface area contributed by atoms with Crippen molar-refractivity contribution in [1.82, 2.24) is 0 Å². The van der Waals surface area contributed by atoms with Gasteiger partial charge in [0.15, 0.2) is 0 Å². The second kappa shape index (κ2) is 9.64. The first kappa shape index (κ1) is 18.7. The normalized spacial score (nSPS) is 10.2. The van der Waals surface area contributed by atoms with Crippen molar-refractivity contribution in [2.45, 2.75) is 12.8 Å². The summed E-state index contributed by atoms with van der Waals surface area (Å²) < 4.78 is 15.6. The molecular weight excluding hydrogens is 316 g/mol. The predicted octanol–water partition coefficient (Wildman–Crippen LogP) is 4.13. The zero-order valence-corrected chi connectivity index (χ0v) is 15.0. The van der Waals surface area contributed by atoms with E-state index in [2.05, 4.69) is 0 Å². The molecule has 0 heterocycles. The Morgan fingerprint density at radius 3 is 1.68 bits per heavy atom. The molecular formula is C21H24O4. The predicted molar refractivity (Wildman–Crippen MR) is 99.2 cm³/mol. The number of methoxy groups -OCH3 is 3. The minimum atomic E-state index is 0.621. The van der Waals surface area contributed by atoms with E-state index < -0.39 is 0 Å². The van der Waals surface area contributed by atoms with Crippen molar-refractivity contribution in [3.05, 3.63) is 65.2 Å². The molecule has 0 saturated heterocycles. The minimum Gasteiger partial charge on any atom is -0.497 e. The van der Waals surface area contributed by atoms with Crippen molar-refractivity contribution in [3.63, 3.8) is 0 Å². The monoisotopic (exact) mass is 340 g/mol. The molecule has 0 radical (unpaired) electrons. The Kier molecular flexibility index (Phi) is 7.23. The SMILES string of the molecule is COCCCC(C=O)=C(c1ccc(OC)cc1)c1ccc(OC)cc1. The van der Waals surface area contributed by atoms with Gasteiger partial charge in [0.25, 0.3) is 0 Å². The van der Waals surface area contributed by atoms with E-state index in [0.29, 0.717) is 13.0 Å². The summed E-state index contributed by atoms with van der Waals surface area (Å²) in [5.74, 6) is 1.56. The smallest absolute Gasteiger partial charge is 0.146 e. The van der Waals surface area contributed by atoms with Gasteiger partial charge in [-0.3, -0.25) is 4.79 Å². The molecule has 0 amide bonds. The second-order valence-electron chi connectivity index (χ2n) is 5.57. The average molecular weight is 340 g/mol. The lowest BCUT2D eigenvalue weighted by Crippen LogP contribution is -1.99. The Morgan fingerprint density at radius 1 is 0.840 bits per heavy atom. The van der Waals surface area contributed by atoms with Crippen LogP contribution in [0, 0.1) is 0 Å². The van der Waals surface area contributed by atoms with Crippen molar-refractivity contribution in [1.29, 1.82) is 0 Å². The number of hydrogen-bond donors (Lipinski definition) is 0. The molecule has 0 atom stereocenters. The Morgan fingerprint density at radius 2 is 1.32 bits per heavy atom. The highest BCUT2D eigenvalue weighted by atomic mass is 16.5. The van der Waals surface area contributed by atoms with Crippen LogP contribution in [-0.2, 0) is 9.53 Å². The van der Waals surface area contributed by atoms with Crippen LogP contribution < -0.4 is 9.47 Å². The number of carbonyl (C=O) groups is 1. The van der Waals surface area contributed by atoms with Gasteiger partial charge >= 0.3 is 0 Å². The third-order valence-corrected chi connectivity index (χ3v) is 4.02. The molecule has 4 nitrogen and oxygen atoms in total. The van der Waals surface area contributed by atoms with Gasteiger partial charge in [-0.15, -0.1) is 0 Å². The molecule has 0 spiro atoms.